The monoisotopic (exact) mass is 262 g/mol. The topological polar surface area (TPSA) is 101 Å². The molecule has 6 heteroatoms. The fourth-order valence-corrected chi connectivity index (χ4v) is 2.16. The van der Waals surface area contributed by atoms with Crippen LogP contribution in [-0.4, -0.2) is 33.8 Å². The lowest BCUT2D eigenvalue weighted by Gasteiger charge is -2.21. The SMILES string of the molecule is NC(=O)c1ccc(CN2C(=O)CC[C@H]2C(=O)O)cc1. The highest BCUT2D eigenvalue weighted by Gasteiger charge is 2.35. The van der Waals surface area contributed by atoms with Crippen LogP contribution < -0.4 is 5.73 Å². The van der Waals surface area contributed by atoms with E-state index in [9.17, 15) is 14.4 Å². The Morgan fingerprint density at radius 1 is 1.32 bits per heavy atom. The van der Waals surface area contributed by atoms with Crippen molar-refractivity contribution >= 4 is 17.8 Å². The first-order chi connectivity index (χ1) is 8.99. The number of benzene rings is 1. The van der Waals surface area contributed by atoms with Crippen LogP contribution in [0, 0.1) is 0 Å². The molecule has 1 fully saturated rings. The van der Waals surface area contributed by atoms with Gasteiger partial charge in [0.05, 0.1) is 0 Å². The van der Waals surface area contributed by atoms with Gasteiger partial charge in [0.15, 0.2) is 0 Å². The van der Waals surface area contributed by atoms with Gasteiger partial charge in [-0.05, 0) is 24.1 Å². The number of amides is 2. The Bertz CT molecular complexity index is 524. The molecule has 1 saturated heterocycles. The van der Waals surface area contributed by atoms with Crippen molar-refractivity contribution in [2.45, 2.75) is 25.4 Å². The Labute approximate surface area is 109 Å². The molecular weight excluding hydrogens is 248 g/mol. The van der Waals surface area contributed by atoms with Gasteiger partial charge in [0.2, 0.25) is 11.8 Å². The predicted molar refractivity (Wildman–Crippen MR) is 66.2 cm³/mol. The summed E-state index contributed by atoms with van der Waals surface area (Å²) >= 11 is 0. The highest BCUT2D eigenvalue weighted by molar-refractivity contribution is 5.92. The lowest BCUT2D eigenvalue weighted by molar-refractivity contribution is -0.146. The number of likely N-dealkylation sites (tertiary alicyclic amines) is 1. The molecule has 0 unspecified atom stereocenters. The Morgan fingerprint density at radius 3 is 2.47 bits per heavy atom. The minimum atomic E-state index is -0.986. The minimum absolute atomic E-state index is 0.161. The van der Waals surface area contributed by atoms with Crippen LogP contribution in [0.4, 0.5) is 0 Å². The molecule has 1 heterocycles. The van der Waals surface area contributed by atoms with Gasteiger partial charge in [-0.3, -0.25) is 9.59 Å². The maximum Gasteiger partial charge on any atom is 0.326 e. The second-order valence-electron chi connectivity index (χ2n) is 4.48. The van der Waals surface area contributed by atoms with Crippen molar-refractivity contribution in [3.63, 3.8) is 0 Å². The molecule has 1 aromatic carbocycles. The van der Waals surface area contributed by atoms with E-state index in [-0.39, 0.29) is 18.9 Å². The molecule has 0 aromatic heterocycles. The zero-order chi connectivity index (χ0) is 14.0. The van der Waals surface area contributed by atoms with Crippen molar-refractivity contribution in [3.05, 3.63) is 35.4 Å². The van der Waals surface area contributed by atoms with Gasteiger partial charge < -0.3 is 15.7 Å². The summed E-state index contributed by atoms with van der Waals surface area (Å²) in [7, 11) is 0. The van der Waals surface area contributed by atoms with Gasteiger partial charge in [0, 0.05) is 18.5 Å². The second kappa shape index (κ2) is 5.09. The summed E-state index contributed by atoms with van der Waals surface area (Å²) in [5.41, 5.74) is 6.28. The Kier molecular flexibility index (Phi) is 3.50. The molecule has 2 amide bonds. The summed E-state index contributed by atoms with van der Waals surface area (Å²) in [6.07, 6.45) is 0.601. The van der Waals surface area contributed by atoms with Crippen LogP contribution in [0.3, 0.4) is 0 Å². The first-order valence-corrected chi connectivity index (χ1v) is 5.90. The lowest BCUT2D eigenvalue weighted by Crippen LogP contribution is -2.37. The molecule has 0 radical (unpaired) electrons. The molecule has 1 aliphatic heterocycles. The predicted octanol–water partition coefficient (Wildman–Crippen LogP) is 0.361. The van der Waals surface area contributed by atoms with E-state index < -0.39 is 17.9 Å². The van der Waals surface area contributed by atoms with E-state index >= 15 is 0 Å². The Morgan fingerprint density at radius 2 is 1.95 bits per heavy atom. The molecular formula is C13H14N2O4. The van der Waals surface area contributed by atoms with E-state index in [0.717, 1.165) is 5.56 Å². The first kappa shape index (κ1) is 13.1. The number of rotatable bonds is 4. The molecule has 0 aliphatic carbocycles. The Hall–Kier alpha value is -2.37. The van der Waals surface area contributed by atoms with Crippen LogP contribution in [0.5, 0.6) is 0 Å². The number of carbonyl (C=O) groups is 3. The summed E-state index contributed by atoms with van der Waals surface area (Å²) in [6, 6.07) is 5.71. The molecule has 1 atom stereocenters. The summed E-state index contributed by atoms with van der Waals surface area (Å²) in [6.45, 7) is 0.231. The molecule has 6 nitrogen and oxygen atoms in total. The number of carboxylic acid groups (broad SMARTS) is 1. The number of hydrogen-bond acceptors (Lipinski definition) is 3. The van der Waals surface area contributed by atoms with Gasteiger partial charge in [0.1, 0.15) is 6.04 Å². The third kappa shape index (κ3) is 2.73. The maximum absolute atomic E-state index is 11.7. The molecule has 0 saturated carbocycles. The minimum Gasteiger partial charge on any atom is -0.480 e. The van der Waals surface area contributed by atoms with Crippen LogP contribution in [-0.2, 0) is 16.1 Å². The fourth-order valence-electron chi connectivity index (χ4n) is 2.16. The quantitative estimate of drug-likeness (QED) is 0.818. The molecule has 19 heavy (non-hydrogen) atoms. The van der Waals surface area contributed by atoms with Gasteiger partial charge in [-0.25, -0.2) is 4.79 Å². The number of carboxylic acids is 1. The third-order valence-electron chi connectivity index (χ3n) is 3.20. The molecule has 1 aromatic rings. The van der Waals surface area contributed by atoms with E-state index in [1.165, 1.54) is 4.90 Å². The number of aliphatic carboxylic acids is 1. The highest BCUT2D eigenvalue weighted by atomic mass is 16.4. The van der Waals surface area contributed by atoms with Crippen LogP contribution in [0.25, 0.3) is 0 Å². The molecule has 0 bridgehead atoms. The molecule has 100 valence electrons. The van der Waals surface area contributed by atoms with Crippen molar-refractivity contribution in [1.29, 1.82) is 0 Å². The smallest absolute Gasteiger partial charge is 0.326 e. The van der Waals surface area contributed by atoms with Crippen molar-refractivity contribution in [2.75, 3.05) is 0 Å². The van der Waals surface area contributed by atoms with Gasteiger partial charge in [-0.1, -0.05) is 12.1 Å². The number of nitrogens with zero attached hydrogens (tertiary/aromatic N) is 1. The van der Waals surface area contributed by atoms with E-state index in [4.69, 9.17) is 10.8 Å². The fraction of sp³-hybridized carbons (Fsp3) is 0.308. The van der Waals surface area contributed by atoms with Crippen LogP contribution in [0.1, 0.15) is 28.8 Å². The van der Waals surface area contributed by atoms with Gasteiger partial charge in [-0.2, -0.15) is 0 Å². The maximum atomic E-state index is 11.7. The summed E-state index contributed by atoms with van der Waals surface area (Å²) < 4.78 is 0. The first-order valence-electron chi connectivity index (χ1n) is 5.90. The molecule has 0 spiro atoms. The van der Waals surface area contributed by atoms with Gasteiger partial charge >= 0.3 is 5.97 Å². The molecule has 1 aliphatic rings. The standard InChI is InChI=1S/C13H14N2O4/c14-12(17)9-3-1-8(2-4-9)7-15-10(13(18)19)5-6-11(15)16/h1-4,10H,5-7H2,(H2,14,17)(H,18,19)/t10-/m0/s1. The van der Waals surface area contributed by atoms with E-state index in [2.05, 4.69) is 0 Å². The zero-order valence-electron chi connectivity index (χ0n) is 10.2. The van der Waals surface area contributed by atoms with Crippen LogP contribution in [0.15, 0.2) is 24.3 Å². The van der Waals surface area contributed by atoms with Crippen molar-refractivity contribution < 1.29 is 19.5 Å². The zero-order valence-corrected chi connectivity index (χ0v) is 10.2. The summed E-state index contributed by atoms with van der Waals surface area (Å²) in [5.74, 6) is -1.67. The van der Waals surface area contributed by atoms with Crippen LogP contribution >= 0.6 is 0 Å². The number of nitrogens with two attached hydrogens (primary N) is 1. The number of hydrogen-bond donors (Lipinski definition) is 2. The van der Waals surface area contributed by atoms with Crippen molar-refractivity contribution in [3.8, 4) is 0 Å². The normalized spacial score (nSPS) is 18.6. The number of primary amides is 1. The average molecular weight is 262 g/mol. The lowest BCUT2D eigenvalue weighted by atomic mass is 10.1. The second-order valence-corrected chi connectivity index (χ2v) is 4.48. The van der Waals surface area contributed by atoms with Crippen LogP contribution in [0.2, 0.25) is 0 Å². The van der Waals surface area contributed by atoms with E-state index in [1.807, 2.05) is 0 Å². The van der Waals surface area contributed by atoms with Crippen molar-refractivity contribution in [2.24, 2.45) is 5.73 Å². The molecule has 2 rings (SSSR count). The van der Waals surface area contributed by atoms with E-state index in [1.54, 1.807) is 24.3 Å². The summed E-state index contributed by atoms with van der Waals surface area (Å²) in [4.78, 5) is 35.0. The molecule has 3 N–H and O–H groups in total. The van der Waals surface area contributed by atoms with Gasteiger partial charge in [-0.15, -0.1) is 0 Å². The highest BCUT2D eigenvalue weighted by Crippen LogP contribution is 2.21. The van der Waals surface area contributed by atoms with Gasteiger partial charge in [0.25, 0.3) is 0 Å². The van der Waals surface area contributed by atoms with E-state index in [0.29, 0.717) is 12.0 Å². The third-order valence-corrected chi connectivity index (χ3v) is 3.20. The number of carbonyl (C=O) groups excluding carboxylic acids is 2. The Balaban J connectivity index is 2.13. The average Bonchev–Trinajstić information content (AvgIpc) is 2.72. The summed E-state index contributed by atoms with van der Waals surface area (Å²) in [5, 5.41) is 9.04. The van der Waals surface area contributed by atoms with Crippen molar-refractivity contribution in [1.82, 2.24) is 4.90 Å². The largest absolute Gasteiger partial charge is 0.480 e.